The summed E-state index contributed by atoms with van der Waals surface area (Å²) >= 11 is 0. The second kappa shape index (κ2) is 6.12. The number of rotatable bonds is 5. The number of nitrogens with one attached hydrogen (secondary N) is 1. The number of carbonyl (C=O) groups is 2. The number of amides is 1. The van der Waals surface area contributed by atoms with Gasteiger partial charge in [0.1, 0.15) is 25.5 Å². The Balaban J connectivity index is 2.57. The first-order valence-electron chi connectivity index (χ1n) is 5.49. The van der Waals surface area contributed by atoms with E-state index in [0.717, 1.165) is 0 Å². The number of carbonyl (C=O) groups excluding carboxylic acids is 1. The molecule has 0 bridgehead atoms. The molecule has 1 amide bonds. The van der Waals surface area contributed by atoms with E-state index < -0.39 is 17.9 Å². The minimum absolute atomic E-state index is 0.0197. The molecule has 0 aliphatic carbocycles. The average molecular weight is 243 g/mol. The summed E-state index contributed by atoms with van der Waals surface area (Å²) in [6.45, 7) is 4.47. The molecule has 1 aliphatic heterocycles. The molecule has 1 atom stereocenters. The molecule has 0 spiro atoms. The predicted molar refractivity (Wildman–Crippen MR) is 59.0 cm³/mol. The molecule has 1 aliphatic rings. The lowest BCUT2D eigenvalue weighted by atomic mass is 10.0. The van der Waals surface area contributed by atoms with Gasteiger partial charge in [-0.05, 0) is 12.3 Å². The molecule has 2 N–H and O–H groups in total. The van der Waals surface area contributed by atoms with E-state index in [9.17, 15) is 9.59 Å². The van der Waals surface area contributed by atoms with Crippen molar-refractivity contribution in [3.8, 4) is 0 Å². The molecule has 0 saturated heterocycles. The van der Waals surface area contributed by atoms with Crippen molar-refractivity contribution in [1.82, 2.24) is 5.32 Å². The lowest BCUT2D eigenvalue weighted by molar-refractivity contribution is -0.142. The number of carboxylic acids is 1. The predicted octanol–water partition coefficient (Wildman–Crippen LogP) is 0.490. The van der Waals surface area contributed by atoms with Gasteiger partial charge in [-0.3, -0.25) is 4.79 Å². The molecule has 96 valence electrons. The summed E-state index contributed by atoms with van der Waals surface area (Å²) in [5, 5.41) is 11.4. The van der Waals surface area contributed by atoms with Crippen molar-refractivity contribution in [2.24, 2.45) is 5.92 Å². The molecule has 17 heavy (non-hydrogen) atoms. The second-order valence-corrected chi connectivity index (χ2v) is 4.20. The van der Waals surface area contributed by atoms with Crippen LogP contribution in [0.1, 0.15) is 20.3 Å². The Bertz CT molecular complexity index is 324. The van der Waals surface area contributed by atoms with Gasteiger partial charge in [0.15, 0.2) is 0 Å². The van der Waals surface area contributed by atoms with Crippen molar-refractivity contribution in [1.29, 1.82) is 0 Å². The van der Waals surface area contributed by atoms with Gasteiger partial charge in [-0.2, -0.15) is 0 Å². The average Bonchev–Trinajstić information content (AvgIpc) is 2.28. The normalized spacial score (nSPS) is 16.5. The minimum atomic E-state index is -1.05. The van der Waals surface area contributed by atoms with Crippen molar-refractivity contribution in [2.75, 3.05) is 13.2 Å². The van der Waals surface area contributed by atoms with Crippen molar-refractivity contribution in [3.05, 3.63) is 12.0 Å². The fraction of sp³-hybridized carbons (Fsp3) is 0.636. The van der Waals surface area contributed by atoms with Crippen LogP contribution in [-0.2, 0) is 19.1 Å². The van der Waals surface area contributed by atoms with Crippen LogP contribution in [0.3, 0.4) is 0 Å². The number of ether oxygens (including phenoxy) is 2. The van der Waals surface area contributed by atoms with Crippen LogP contribution < -0.4 is 5.32 Å². The van der Waals surface area contributed by atoms with Crippen LogP contribution >= 0.6 is 0 Å². The lowest BCUT2D eigenvalue weighted by Crippen LogP contribution is -2.43. The molecule has 0 unspecified atom stereocenters. The number of aliphatic carboxylic acids is 1. The maximum absolute atomic E-state index is 11.6. The third-order valence-corrected chi connectivity index (χ3v) is 2.18. The van der Waals surface area contributed by atoms with E-state index in [1.165, 1.54) is 6.26 Å². The van der Waals surface area contributed by atoms with Crippen molar-refractivity contribution in [3.63, 3.8) is 0 Å². The second-order valence-electron chi connectivity index (χ2n) is 4.20. The maximum Gasteiger partial charge on any atom is 0.326 e. The third-order valence-electron chi connectivity index (χ3n) is 2.18. The van der Waals surface area contributed by atoms with Crippen LogP contribution in [0, 0.1) is 5.92 Å². The summed E-state index contributed by atoms with van der Waals surface area (Å²) in [5.41, 5.74) is 0. The first-order chi connectivity index (χ1) is 8.00. The van der Waals surface area contributed by atoms with E-state index in [1.807, 2.05) is 13.8 Å². The van der Waals surface area contributed by atoms with Crippen LogP contribution in [0.15, 0.2) is 12.0 Å². The SMILES string of the molecule is CC(C)C[C@H](NC(=O)C1=COCCO1)C(=O)O. The molecule has 0 fully saturated rings. The first-order valence-corrected chi connectivity index (χ1v) is 5.49. The van der Waals surface area contributed by atoms with Gasteiger partial charge in [0.05, 0.1) is 0 Å². The summed E-state index contributed by atoms with van der Waals surface area (Å²) in [6.07, 6.45) is 1.57. The van der Waals surface area contributed by atoms with Gasteiger partial charge >= 0.3 is 5.97 Å². The Morgan fingerprint density at radius 3 is 2.65 bits per heavy atom. The van der Waals surface area contributed by atoms with Gasteiger partial charge in [0, 0.05) is 0 Å². The zero-order valence-corrected chi connectivity index (χ0v) is 9.93. The summed E-state index contributed by atoms with van der Waals surface area (Å²) in [4.78, 5) is 22.6. The highest BCUT2D eigenvalue weighted by molar-refractivity contribution is 5.94. The van der Waals surface area contributed by atoms with E-state index >= 15 is 0 Å². The van der Waals surface area contributed by atoms with Gasteiger partial charge in [-0.15, -0.1) is 0 Å². The Morgan fingerprint density at radius 2 is 2.18 bits per heavy atom. The molecule has 0 aromatic carbocycles. The number of hydrogen-bond acceptors (Lipinski definition) is 4. The Hall–Kier alpha value is -1.72. The molecule has 1 rings (SSSR count). The molecule has 0 aromatic heterocycles. The van der Waals surface area contributed by atoms with Gasteiger partial charge < -0.3 is 19.9 Å². The molecule has 6 nitrogen and oxygen atoms in total. The van der Waals surface area contributed by atoms with Crippen LogP contribution in [-0.4, -0.2) is 36.2 Å². The van der Waals surface area contributed by atoms with Crippen molar-refractivity contribution >= 4 is 11.9 Å². The summed E-state index contributed by atoms with van der Waals surface area (Å²) in [6, 6.07) is -0.908. The quantitative estimate of drug-likeness (QED) is 0.734. The number of carboxylic acid groups (broad SMARTS) is 1. The standard InChI is InChI=1S/C11H17NO5/c1-7(2)5-8(11(14)15)12-10(13)9-6-16-3-4-17-9/h6-8H,3-5H2,1-2H3,(H,12,13)(H,14,15)/t8-/m0/s1. The maximum atomic E-state index is 11.6. The molecule has 6 heteroatoms. The Labute approximate surface area is 99.6 Å². The van der Waals surface area contributed by atoms with Gasteiger partial charge in [0.25, 0.3) is 5.91 Å². The first kappa shape index (κ1) is 13.3. The van der Waals surface area contributed by atoms with E-state index in [-0.39, 0.29) is 11.7 Å². The minimum Gasteiger partial charge on any atom is -0.494 e. The van der Waals surface area contributed by atoms with E-state index in [4.69, 9.17) is 14.6 Å². The fourth-order valence-corrected chi connectivity index (χ4v) is 1.41. The molecule has 1 heterocycles. The van der Waals surface area contributed by atoms with Gasteiger partial charge in [-0.1, -0.05) is 13.8 Å². The topological polar surface area (TPSA) is 84.9 Å². The molecule has 0 saturated carbocycles. The van der Waals surface area contributed by atoms with Crippen LogP contribution in [0.5, 0.6) is 0 Å². The Morgan fingerprint density at radius 1 is 1.47 bits per heavy atom. The van der Waals surface area contributed by atoms with Crippen molar-refractivity contribution < 1.29 is 24.2 Å². The van der Waals surface area contributed by atoms with Crippen LogP contribution in [0.25, 0.3) is 0 Å². The summed E-state index contributed by atoms with van der Waals surface area (Å²) < 4.78 is 9.99. The molecular formula is C11H17NO5. The highest BCUT2D eigenvalue weighted by Crippen LogP contribution is 2.08. The molecule has 0 aromatic rings. The molecule has 0 radical (unpaired) electrons. The smallest absolute Gasteiger partial charge is 0.326 e. The Kier molecular flexibility index (Phi) is 4.81. The number of hydrogen-bond donors (Lipinski definition) is 2. The fourth-order valence-electron chi connectivity index (χ4n) is 1.41. The lowest BCUT2D eigenvalue weighted by Gasteiger charge is -2.19. The zero-order chi connectivity index (χ0) is 12.8. The van der Waals surface area contributed by atoms with E-state index in [2.05, 4.69) is 5.32 Å². The molecular weight excluding hydrogens is 226 g/mol. The van der Waals surface area contributed by atoms with E-state index in [0.29, 0.717) is 19.6 Å². The van der Waals surface area contributed by atoms with E-state index in [1.54, 1.807) is 0 Å². The largest absolute Gasteiger partial charge is 0.494 e. The summed E-state index contributed by atoms with van der Waals surface area (Å²) in [7, 11) is 0. The highest BCUT2D eigenvalue weighted by Gasteiger charge is 2.24. The monoisotopic (exact) mass is 243 g/mol. The van der Waals surface area contributed by atoms with Crippen LogP contribution in [0.2, 0.25) is 0 Å². The van der Waals surface area contributed by atoms with Gasteiger partial charge in [0.2, 0.25) is 5.76 Å². The van der Waals surface area contributed by atoms with Gasteiger partial charge in [-0.25, -0.2) is 4.79 Å². The highest BCUT2D eigenvalue weighted by atomic mass is 16.6. The van der Waals surface area contributed by atoms with Crippen LogP contribution in [0.4, 0.5) is 0 Å². The third kappa shape index (κ3) is 4.34. The van der Waals surface area contributed by atoms with Crippen molar-refractivity contribution in [2.45, 2.75) is 26.3 Å². The zero-order valence-electron chi connectivity index (χ0n) is 9.93. The summed E-state index contributed by atoms with van der Waals surface area (Å²) in [5.74, 6) is -1.41.